The smallest absolute Gasteiger partial charge is 0.0612 e. The summed E-state index contributed by atoms with van der Waals surface area (Å²) in [6, 6.07) is 13.9. The van der Waals surface area contributed by atoms with Gasteiger partial charge in [-0.1, -0.05) is 46.9 Å². The van der Waals surface area contributed by atoms with Crippen molar-refractivity contribution in [1.82, 2.24) is 0 Å². The fourth-order valence-electron chi connectivity index (χ4n) is 1.40. The van der Waals surface area contributed by atoms with Gasteiger partial charge in [0.2, 0.25) is 0 Å². The number of halogens is 3. The van der Waals surface area contributed by atoms with Gasteiger partial charge in [-0.3, -0.25) is 0 Å². The molecule has 0 spiro atoms. The molecule has 1 N–H and O–H groups in total. The summed E-state index contributed by atoms with van der Waals surface area (Å²) in [4.78, 5) is 0. The standard InChI is InChI=1S/C13H9Cl3N/c14-10-3-1-2-9(6-10)8-17-11-4-5-12(15)13(16)7-11/h1-2,4-7,17H,8H2. The van der Waals surface area contributed by atoms with Gasteiger partial charge in [0.15, 0.2) is 0 Å². The van der Waals surface area contributed by atoms with E-state index in [-0.39, 0.29) is 0 Å². The molecule has 0 fully saturated rings. The van der Waals surface area contributed by atoms with E-state index in [9.17, 15) is 0 Å². The average Bonchev–Trinajstić information content (AvgIpc) is 2.31. The Bertz CT molecular complexity index is 526. The van der Waals surface area contributed by atoms with Crippen LogP contribution in [0.15, 0.2) is 36.4 Å². The lowest BCUT2D eigenvalue weighted by Gasteiger charge is -2.07. The molecule has 0 aliphatic heterocycles. The van der Waals surface area contributed by atoms with E-state index >= 15 is 0 Å². The van der Waals surface area contributed by atoms with Crippen molar-refractivity contribution in [3.8, 4) is 0 Å². The molecule has 0 aromatic heterocycles. The predicted octanol–water partition coefficient (Wildman–Crippen LogP) is 5.06. The van der Waals surface area contributed by atoms with Crippen LogP contribution >= 0.6 is 34.8 Å². The molecule has 0 amide bonds. The Kier molecular flexibility index (Phi) is 4.16. The number of rotatable bonds is 3. The average molecular weight is 286 g/mol. The Hall–Kier alpha value is -0.890. The highest BCUT2D eigenvalue weighted by Crippen LogP contribution is 2.25. The van der Waals surface area contributed by atoms with Crippen LogP contribution in [0.5, 0.6) is 0 Å². The number of hydrogen-bond acceptors (Lipinski definition) is 1. The summed E-state index contributed by atoms with van der Waals surface area (Å²) in [6.45, 7) is 0.673. The molecule has 2 aromatic carbocycles. The van der Waals surface area contributed by atoms with Gasteiger partial charge in [-0.15, -0.1) is 0 Å². The Morgan fingerprint density at radius 2 is 1.82 bits per heavy atom. The summed E-state index contributed by atoms with van der Waals surface area (Å²) < 4.78 is 0. The second-order valence-electron chi connectivity index (χ2n) is 3.53. The fraction of sp³-hybridized carbons (Fsp3) is 0.0769. The quantitative estimate of drug-likeness (QED) is 0.831. The molecule has 0 aliphatic rings. The second-order valence-corrected chi connectivity index (χ2v) is 4.75. The van der Waals surface area contributed by atoms with Crippen molar-refractivity contribution in [3.05, 3.63) is 63.1 Å². The minimum atomic E-state index is 0.538. The van der Waals surface area contributed by atoms with Crippen LogP contribution in [0.3, 0.4) is 0 Å². The Morgan fingerprint density at radius 1 is 1.00 bits per heavy atom. The Labute approximate surface area is 115 Å². The van der Waals surface area contributed by atoms with Gasteiger partial charge < -0.3 is 5.32 Å². The molecule has 2 rings (SSSR count). The van der Waals surface area contributed by atoms with Gasteiger partial charge >= 0.3 is 0 Å². The minimum absolute atomic E-state index is 0.538. The Balaban J connectivity index is 2.05. The summed E-state index contributed by atoms with van der Waals surface area (Å²) in [5.74, 6) is 0. The lowest BCUT2D eigenvalue weighted by molar-refractivity contribution is 1.15. The largest absolute Gasteiger partial charge is 0.381 e. The van der Waals surface area contributed by atoms with Crippen LogP contribution in [0.25, 0.3) is 0 Å². The van der Waals surface area contributed by atoms with Crippen molar-refractivity contribution in [3.63, 3.8) is 0 Å². The zero-order valence-electron chi connectivity index (χ0n) is 8.81. The summed E-state index contributed by atoms with van der Waals surface area (Å²) >= 11 is 17.6. The number of benzene rings is 2. The van der Waals surface area contributed by atoms with E-state index in [0.717, 1.165) is 11.3 Å². The van der Waals surface area contributed by atoms with E-state index in [1.165, 1.54) is 0 Å². The molecule has 17 heavy (non-hydrogen) atoms. The number of anilines is 1. The maximum Gasteiger partial charge on any atom is 0.0612 e. The zero-order chi connectivity index (χ0) is 12.3. The number of hydrogen-bond donors (Lipinski definition) is 1. The van der Waals surface area contributed by atoms with Gasteiger partial charge in [0, 0.05) is 23.3 Å². The van der Waals surface area contributed by atoms with Crippen LogP contribution in [-0.2, 0) is 6.54 Å². The number of nitrogens with one attached hydrogen (secondary N) is 1. The van der Waals surface area contributed by atoms with Crippen LogP contribution in [0.4, 0.5) is 5.69 Å². The highest BCUT2D eigenvalue weighted by molar-refractivity contribution is 6.42. The maximum absolute atomic E-state index is 5.92. The van der Waals surface area contributed by atoms with Crippen LogP contribution in [-0.4, -0.2) is 0 Å². The van der Waals surface area contributed by atoms with Crippen LogP contribution in [0.1, 0.15) is 5.56 Å². The molecule has 0 heterocycles. The molecule has 0 saturated carbocycles. The monoisotopic (exact) mass is 284 g/mol. The predicted molar refractivity (Wildman–Crippen MR) is 74.1 cm³/mol. The topological polar surface area (TPSA) is 12.0 Å². The molecule has 1 nitrogen and oxygen atoms in total. The van der Waals surface area contributed by atoms with Crippen molar-refractivity contribution in [2.75, 3.05) is 5.32 Å². The second kappa shape index (κ2) is 5.63. The fourth-order valence-corrected chi connectivity index (χ4v) is 1.90. The zero-order valence-corrected chi connectivity index (χ0v) is 11.1. The molecule has 0 bridgehead atoms. The molecule has 1 radical (unpaired) electrons. The molecule has 0 unspecified atom stereocenters. The lowest BCUT2D eigenvalue weighted by atomic mass is 10.2. The third-order valence-electron chi connectivity index (χ3n) is 2.25. The van der Waals surface area contributed by atoms with E-state index in [4.69, 9.17) is 34.8 Å². The van der Waals surface area contributed by atoms with Gasteiger partial charge in [0.05, 0.1) is 10.0 Å². The van der Waals surface area contributed by atoms with Crippen LogP contribution in [0, 0.1) is 6.07 Å². The molecular weight excluding hydrogens is 277 g/mol. The third-order valence-corrected chi connectivity index (χ3v) is 3.20. The first-order valence-electron chi connectivity index (χ1n) is 5.00. The molecule has 87 valence electrons. The van der Waals surface area contributed by atoms with Crippen molar-refractivity contribution < 1.29 is 0 Å². The first kappa shape index (κ1) is 12.6. The van der Waals surface area contributed by atoms with E-state index < -0.39 is 0 Å². The maximum atomic E-state index is 5.92. The molecular formula is C13H9Cl3N. The lowest BCUT2D eigenvalue weighted by Crippen LogP contribution is -1.99. The first-order valence-corrected chi connectivity index (χ1v) is 6.13. The highest BCUT2D eigenvalue weighted by Gasteiger charge is 1.99. The summed E-state index contributed by atoms with van der Waals surface area (Å²) in [6.07, 6.45) is 0. The summed E-state index contributed by atoms with van der Waals surface area (Å²) in [5.41, 5.74) is 2.00. The minimum Gasteiger partial charge on any atom is -0.381 e. The van der Waals surface area contributed by atoms with Crippen LogP contribution < -0.4 is 5.32 Å². The summed E-state index contributed by atoms with van der Waals surface area (Å²) in [7, 11) is 0. The van der Waals surface area contributed by atoms with Crippen molar-refractivity contribution in [2.45, 2.75) is 6.54 Å². The summed E-state index contributed by atoms with van der Waals surface area (Å²) in [5, 5.41) is 4.94. The van der Waals surface area contributed by atoms with E-state index in [1.54, 1.807) is 18.2 Å². The van der Waals surface area contributed by atoms with Crippen molar-refractivity contribution >= 4 is 40.5 Å². The SMILES string of the molecule is Clc1[c]ccc(CNc2ccc(Cl)c(Cl)c2)c1. The molecule has 0 atom stereocenters. The van der Waals surface area contributed by atoms with Gasteiger partial charge in [-0.05, 0) is 29.8 Å². The van der Waals surface area contributed by atoms with Crippen molar-refractivity contribution in [2.24, 2.45) is 0 Å². The van der Waals surface area contributed by atoms with Gasteiger partial charge in [-0.2, -0.15) is 0 Å². The van der Waals surface area contributed by atoms with E-state index in [0.29, 0.717) is 21.6 Å². The molecule has 0 aliphatic carbocycles. The van der Waals surface area contributed by atoms with E-state index in [2.05, 4.69) is 11.4 Å². The van der Waals surface area contributed by atoms with Gasteiger partial charge in [0.1, 0.15) is 0 Å². The van der Waals surface area contributed by atoms with Gasteiger partial charge in [-0.25, -0.2) is 0 Å². The molecule has 0 saturated heterocycles. The normalized spacial score (nSPS) is 10.3. The molecule has 4 heteroatoms. The van der Waals surface area contributed by atoms with Gasteiger partial charge in [0.25, 0.3) is 0 Å². The van der Waals surface area contributed by atoms with Crippen molar-refractivity contribution in [1.29, 1.82) is 0 Å². The van der Waals surface area contributed by atoms with Crippen LogP contribution in [0.2, 0.25) is 15.1 Å². The molecule has 2 aromatic rings. The highest BCUT2D eigenvalue weighted by atomic mass is 35.5. The van der Waals surface area contributed by atoms with E-state index in [1.807, 2.05) is 18.2 Å². The third kappa shape index (κ3) is 3.53. The Morgan fingerprint density at radius 3 is 2.53 bits per heavy atom. The first-order chi connectivity index (χ1) is 8.15.